The predicted molar refractivity (Wildman–Crippen MR) is 281 cm³/mol. The minimum absolute atomic E-state index is 0.0258. The van der Waals surface area contributed by atoms with Gasteiger partial charge in [-0.1, -0.05) is 24.4 Å². The van der Waals surface area contributed by atoms with Crippen molar-refractivity contribution in [2.24, 2.45) is 17.5 Å². The van der Waals surface area contributed by atoms with E-state index in [-0.39, 0.29) is 50.9 Å². The minimum atomic E-state index is -5.19. The second-order valence-electron chi connectivity index (χ2n) is 15.8. The van der Waals surface area contributed by atoms with E-state index in [9.17, 15) is 57.2 Å². The van der Waals surface area contributed by atoms with Crippen LogP contribution in [0.15, 0.2) is 24.3 Å². The molecule has 428 valence electrons. The fourth-order valence-corrected chi connectivity index (χ4v) is 10.2. The fraction of sp³-hybridized carbons (Fsp3) is 0.629. The first-order valence-corrected chi connectivity index (χ1v) is 29.4. The van der Waals surface area contributed by atoms with E-state index in [1.165, 1.54) is 9.80 Å². The van der Waals surface area contributed by atoms with Gasteiger partial charge in [0.05, 0.1) is 45.9 Å². The van der Waals surface area contributed by atoms with E-state index < -0.39 is 90.0 Å². The van der Waals surface area contributed by atoms with Crippen LogP contribution in [-0.2, 0) is 48.7 Å². The molecule has 1 rings (SSSR count). The van der Waals surface area contributed by atoms with Crippen molar-refractivity contribution >= 4 is 106 Å². The summed E-state index contributed by atoms with van der Waals surface area (Å²) in [7, 11) is -16.4. The van der Waals surface area contributed by atoms with E-state index in [1.807, 2.05) is 24.3 Å². The molecular formula is C35H70N12O20P4S3. The van der Waals surface area contributed by atoms with Gasteiger partial charge < -0.3 is 91.2 Å². The van der Waals surface area contributed by atoms with Crippen LogP contribution < -0.4 is 54.4 Å². The Morgan fingerprint density at radius 2 is 1.32 bits per heavy atom. The summed E-state index contributed by atoms with van der Waals surface area (Å²) >= 11 is 14.6. The molecule has 2 unspecified atom stereocenters. The van der Waals surface area contributed by atoms with Crippen molar-refractivity contribution in [2.75, 3.05) is 106 Å². The van der Waals surface area contributed by atoms with Crippen molar-refractivity contribution < 1.29 is 96.6 Å². The molecule has 0 saturated heterocycles. The number of carboxylic acids is 2. The summed E-state index contributed by atoms with van der Waals surface area (Å²) in [5.41, 5.74) is 13.5. The number of nitrogens with one attached hydrogen (secondary N) is 6. The van der Waals surface area contributed by atoms with Crippen LogP contribution in [0.3, 0.4) is 0 Å². The van der Waals surface area contributed by atoms with Gasteiger partial charge in [-0.15, -0.1) is 0 Å². The highest BCUT2D eigenvalue weighted by Gasteiger charge is 2.57. The van der Waals surface area contributed by atoms with Gasteiger partial charge in [0.1, 0.15) is 5.75 Å². The van der Waals surface area contributed by atoms with Crippen molar-refractivity contribution in [1.29, 1.82) is 0 Å². The number of hydrogen-bond donors (Lipinski definition) is 19. The molecule has 39 heteroatoms. The van der Waals surface area contributed by atoms with Crippen molar-refractivity contribution in [1.82, 2.24) is 46.9 Å². The number of rotatable bonds is 31. The number of thiocarbonyl (C=S) groups is 3. The van der Waals surface area contributed by atoms with Gasteiger partial charge in [-0.05, 0) is 68.9 Å². The Labute approximate surface area is 442 Å². The van der Waals surface area contributed by atoms with Gasteiger partial charge in [-0.25, -0.2) is 11.7 Å². The molecule has 0 radical (unpaired) electrons. The number of ether oxygens (including phenoxy) is 1. The van der Waals surface area contributed by atoms with Crippen LogP contribution in [-0.4, -0.2) is 219 Å². The number of carbonyl (C=O) groups excluding carboxylic acids is 2. The third-order valence-electron chi connectivity index (χ3n) is 9.69. The van der Waals surface area contributed by atoms with Gasteiger partial charge in [-0.2, -0.15) is 0 Å². The fourth-order valence-electron chi connectivity index (χ4n) is 5.28. The number of amides is 2. The molecule has 0 bridgehead atoms. The number of benzene rings is 1. The highest BCUT2D eigenvalue weighted by Crippen LogP contribution is 2.69. The zero-order valence-electron chi connectivity index (χ0n) is 40.8. The summed E-state index contributed by atoms with van der Waals surface area (Å²) in [6.45, 7) is 0.936. The first-order chi connectivity index (χ1) is 33.9. The summed E-state index contributed by atoms with van der Waals surface area (Å²) in [4.78, 5) is 115. The molecule has 2 atom stereocenters. The SMILES string of the molecule is CC(CON)(P(=O)(O)O)P(=O)(O)O.CN(CCCOc1cccc(CCNC(=S)NN)c1)CCC(O)(P(C)(=O)O)P(=O)(O)O.CNC(=S)NNC(=O)CN(CCN(CC(=O)O)CC(=O)NCC(=S)CN)CC(=O)O. The second kappa shape index (κ2) is 35.2. The van der Waals surface area contributed by atoms with Crippen LogP contribution in [0.1, 0.15) is 25.3 Å². The highest BCUT2D eigenvalue weighted by molar-refractivity contribution is 7.80. The third-order valence-corrected chi connectivity index (χ3v) is 19.5. The number of nitrogens with two attached hydrogens (primary N) is 3. The maximum absolute atomic E-state index is 12.0. The summed E-state index contributed by atoms with van der Waals surface area (Å²) in [6, 6.07) is 7.62. The van der Waals surface area contributed by atoms with Crippen LogP contribution in [0, 0.1) is 0 Å². The molecular weight excluding hydrogens is 1130 g/mol. The highest BCUT2D eigenvalue weighted by atomic mass is 32.1. The number of hydrogen-bond acceptors (Lipinski definition) is 20. The lowest BCUT2D eigenvalue weighted by molar-refractivity contribution is -0.141. The first-order valence-electron chi connectivity index (χ1n) is 21.2. The van der Waals surface area contributed by atoms with Gasteiger partial charge in [0.15, 0.2) is 15.1 Å². The van der Waals surface area contributed by atoms with Crippen molar-refractivity contribution in [3.63, 3.8) is 0 Å². The second-order valence-corrected chi connectivity index (χ2v) is 26.4. The lowest BCUT2D eigenvalue weighted by Crippen LogP contribution is -2.51. The molecule has 22 N–H and O–H groups in total. The van der Waals surface area contributed by atoms with Crippen molar-refractivity contribution in [2.45, 2.75) is 36.2 Å². The molecule has 2 amide bonds. The number of carbonyl (C=O) groups is 4. The summed E-state index contributed by atoms with van der Waals surface area (Å²) in [5, 5.41) is 33.9. The topological polar surface area (TPSA) is 517 Å². The summed E-state index contributed by atoms with van der Waals surface area (Å²) < 4.78 is 50.6. The molecule has 0 aliphatic heterocycles. The van der Waals surface area contributed by atoms with Crippen LogP contribution in [0.2, 0.25) is 0 Å². The summed E-state index contributed by atoms with van der Waals surface area (Å²) in [6.07, 6.45) is 0.810. The smallest absolute Gasteiger partial charge is 0.366 e. The van der Waals surface area contributed by atoms with Gasteiger partial charge in [0, 0.05) is 64.3 Å². The number of hydrazine groups is 2. The van der Waals surface area contributed by atoms with Crippen LogP contribution in [0.5, 0.6) is 5.75 Å². The average molecular weight is 1200 g/mol. The monoisotopic (exact) mass is 1200 g/mol. The van der Waals surface area contributed by atoms with E-state index in [4.69, 9.17) is 82.8 Å². The molecule has 74 heavy (non-hydrogen) atoms. The van der Waals surface area contributed by atoms with Gasteiger partial charge in [0.25, 0.3) is 5.91 Å². The Bertz CT molecular complexity index is 2090. The Morgan fingerprint density at radius 1 is 0.784 bits per heavy atom. The maximum atomic E-state index is 12.0. The van der Waals surface area contributed by atoms with Gasteiger partial charge >= 0.3 is 34.7 Å². The molecule has 0 aromatic heterocycles. The molecule has 1 aromatic rings. The normalized spacial score (nSPS) is 13.4. The van der Waals surface area contributed by atoms with Gasteiger partial charge in [-0.3, -0.25) is 58.1 Å². The van der Waals surface area contributed by atoms with Crippen LogP contribution in [0.4, 0.5) is 0 Å². The lowest BCUT2D eigenvalue weighted by Gasteiger charge is -2.32. The Hall–Kier alpha value is -3.31. The quantitative estimate of drug-likeness (QED) is 0.0110. The molecule has 0 aliphatic rings. The number of nitrogens with zero attached hydrogens (tertiary/aromatic N) is 3. The summed E-state index contributed by atoms with van der Waals surface area (Å²) in [5.74, 6) is 7.09. The predicted octanol–water partition coefficient (Wildman–Crippen LogP) is -4.34. The molecule has 0 spiro atoms. The van der Waals surface area contributed by atoms with Crippen LogP contribution >= 0.6 is 66.8 Å². The molecule has 0 saturated carbocycles. The van der Waals surface area contributed by atoms with E-state index in [0.717, 1.165) is 18.6 Å². The lowest BCUT2D eigenvalue weighted by atomic mass is 10.1. The zero-order valence-corrected chi connectivity index (χ0v) is 46.8. The molecule has 32 nitrogen and oxygen atoms in total. The first kappa shape index (κ1) is 72.8. The Kier molecular flexibility index (Phi) is 34.6. The van der Waals surface area contributed by atoms with Crippen molar-refractivity contribution in [3.8, 4) is 5.75 Å². The number of carboxylic acid groups (broad SMARTS) is 2. The van der Waals surface area contributed by atoms with E-state index >= 15 is 0 Å². The minimum Gasteiger partial charge on any atom is -0.494 e. The van der Waals surface area contributed by atoms with E-state index in [2.05, 4.69) is 43.0 Å². The number of aliphatic carboxylic acids is 2. The average Bonchev–Trinajstić information content (AvgIpc) is 3.28. The molecule has 1 aromatic carbocycles. The van der Waals surface area contributed by atoms with E-state index in [1.54, 1.807) is 19.0 Å². The maximum Gasteiger partial charge on any atom is 0.366 e. The largest absolute Gasteiger partial charge is 0.494 e. The molecule has 0 aliphatic carbocycles. The number of aliphatic hydroxyl groups is 1. The van der Waals surface area contributed by atoms with Crippen molar-refractivity contribution in [3.05, 3.63) is 29.8 Å². The standard InChI is InChI=1S/C17H32N4O7P2S.C15H27N7O6S2.C3H11NO7P2/c1-21(11-8-17(22,29(2,23)24)30(25,26)27)10-4-12-28-15-6-3-5-14(13-15)7-9-19-16(31)20-18;1-17-15(30)20-19-12(24)7-22(9-14(27)28)3-2-21(8-13(25)26)6-11(23)18-5-10(29)4-16;1-3(2-11-4,12(5,6)7)13(8,9)10/h3,5-6,13,22H,4,7-12,18H2,1-2H3,(H,23,24)(H2,19,20,31)(H2,25,26,27);2-9,16H2,1H3,(H,18,23)(H,19,24)(H,25,26)(H,27,28)(H2,17,20,30);2,4H2,1H3,(H2,5,6,7)(H2,8,9,10). The van der Waals surface area contributed by atoms with E-state index in [0.29, 0.717) is 48.8 Å². The molecule has 0 fully saturated rings. The van der Waals surface area contributed by atoms with Gasteiger partial charge in [0.2, 0.25) is 18.4 Å². The Balaban J connectivity index is 0. The molecule has 0 heterocycles. The Morgan fingerprint density at radius 3 is 1.76 bits per heavy atom. The third kappa shape index (κ3) is 29.8. The van der Waals surface area contributed by atoms with Crippen LogP contribution in [0.25, 0.3) is 0 Å². The zero-order chi connectivity index (χ0) is 57.7.